The first-order valence-electron chi connectivity index (χ1n) is 5.34. The molecule has 1 aromatic heterocycles. The van der Waals surface area contributed by atoms with Crippen molar-refractivity contribution in [1.82, 2.24) is 4.98 Å². The van der Waals surface area contributed by atoms with Gasteiger partial charge in [0, 0.05) is 12.1 Å². The average molecular weight is 298 g/mol. The lowest BCUT2D eigenvalue weighted by atomic mass is 10.2. The Labute approximate surface area is 107 Å². The van der Waals surface area contributed by atoms with Crippen molar-refractivity contribution in [3.05, 3.63) is 22.4 Å². The number of aliphatic imine (C=N–C) groups is 1. The maximum Gasteiger partial charge on any atom is 0.122 e. The van der Waals surface area contributed by atoms with E-state index in [1.165, 1.54) is 24.1 Å². The van der Waals surface area contributed by atoms with E-state index in [9.17, 15) is 0 Å². The van der Waals surface area contributed by atoms with Crippen molar-refractivity contribution in [2.45, 2.75) is 19.0 Å². The smallest absolute Gasteiger partial charge is 0.122 e. The summed E-state index contributed by atoms with van der Waals surface area (Å²) in [4.78, 5) is 11.5. The van der Waals surface area contributed by atoms with Crippen molar-refractivity contribution in [2.75, 3.05) is 17.7 Å². The van der Waals surface area contributed by atoms with Crippen LogP contribution in [0.15, 0.2) is 21.9 Å². The second-order valence-electron chi connectivity index (χ2n) is 3.98. The predicted molar refractivity (Wildman–Crippen MR) is 72.4 cm³/mol. The highest BCUT2D eigenvalue weighted by atomic mass is 79.9. The zero-order valence-corrected chi connectivity index (χ0v) is 11.4. The van der Waals surface area contributed by atoms with Crippen molar-refractivity contribution in [3.8, 4) is 0 Å². The molecule has 1 atom stereocenters. The number of aromatic nitrogens is 1. The van der Waals surface area contributed by atoms with Crippen LogP contribution in [0.1, 0.15) is 18.4 Å². The molecule has 3 nitrogen and oxygen atoms in total. The highest BCUT2D eigenvalue weighted by molar-refractivity contribution is 9.10. The van der Waals surface area contributed by atoms with Crippen LogP contribution in [-0.2, 0) is 0 Å². The van der Waals surface area contributed by atoms with Crippen LogP contribution < -0.4 is 4.90 Å². The van der Waals surface area contributed by atoms with Crippen LogP contribution >= 0.6 is 27.7 Å². The Morgan fingerprint density at radius 1 is 1.56 bits per heavy atom. The number of halogens is 1. The lowest BCUT2D eigenvalue weighted by Gasteiger charge is -2.30. The number of rotatable bonds is 0. The molecule has 0 N–H and O–H groups in total. The van der Waals surface area contributed by atoms with Crippen LogP contribution in [0, 0.1) is 0 Å². The summed E-state index contributed by atoms with van der Waals surface area (Å²) < 4.78 is 0.880. The van der Waals surface area contributed by atoms with Gasteiger partial charge in [0.05, 0.1) is 11.9 Å². The van der Waals surface area contributed by atoms with Gasteiger partial charge in [-0.1, -0.05) is 0 Å². The fourth-order valence-electron chi connectivity index (χ4n) is 2.35. The molecule has 1 unspecified atom stereocenters. The minimum atomic E-state index is 0.345. The van der Waals surface area contributed by atoms with E-state index in [4.69, 9.17) is 4.99 Å². The molecular weight excluding hydrogens is 286 g/mol. The molecule has 0 aromatic carbocycles. The molecule has 0 spiro atoms. The summed E-state index contributed by atoms with van der Waals surface area (Å²) in [7, 11) is 0. The van der Waals surface area contributed by atoms with E-state index in [2.05, 4.69) is 38.1 Å². The van der Waals surface area contributed by atoms with Crippen molar-refractivity contribution >= 4 is 38.4 Å². The van der Waals surface area contributed by atoms with Crippen LogP contribution in [0.25, 0.3) is 0 Å². The van der Waals surface area contributed by atoms with E-state index in [1.54, 1.807) is 11.8 Å². The van der Waals surface area contributed by atoms with Crippen LogP contribution in [0.2, 0.25) is 0 Å². The van der Waals surface area contributed by atoms with Crippen LogP contribution in [-0.4, -0.2) is 29.0 Å². The minimum absolute atomic E-state index is 0.345. The van der Waals surface area contributed by atoms with E-state index >= 15 is 0 Å². The van der Waals surface area contributed by atoms with Gasteiger partial charge in [-0.05, 0) is 41.1 Å². The average Bonchev–Trinajstić information content (AvgIpc) is 2.75. The molecule has 3 rings (SSSR count). The Bertz CT molecular complexity index is 461. The van der Waals surface area contributed by atoms with Crippen molar-refractivity contribution in [3.63, 3.8) is 0 Å². The highest BCUT2D eigenvalue weighted by Gasteiger charge is 2.31. The standard InChI is InChI=1S/C11H12BrN3S/c1-16-11-7-5-9(12)13-6-8(7)15-4-2-3-10(15)14-11/h5-6,10H,2-4H2,1H3. The molecule has 0 saturated carbocycles. The first-order chi connectivity index (χ1) is 7.79. The molecule has 1 saturated heterocycles. The topological polar surface area (TPSA) is 28.5 Å². The largest absolute Gasteiger partial charge is 0.348 e. The van der Waals surface area contributed by atoms with Crippen LogP contribution in [0.5, 0.6) is 0 Å². The molecule has 2 aliphatic rings. The summed E-state index contributed by atoms with van der Waals surface area (Å²) in [6.07, 6.45) is 6.78. The summed E-state index contributed by atoms with van der Waals surface area (Å²) in [5, 5.41) is 1.14. The molecule has 3 heterocycles. The summed E-state index contributed by atoms with van der Waals surface area (Å²) in [5.74, 6) is 0. The monoisotopic (exact) mass is 297 g/mol. The molecular formula is C11H12BrN3S. The number of pyridine rings is 1. The number of hydrogen-bond acceptors (Lipinski definition) is 4. The Kier molecular flexibility index (Phi) is 2.67. The third-order valence-corrected chi connectivity index (χ3v) is 4.22. The van der Waals surface area contributed by atoms with E-state index in [0.717, 1.165) is 16.2 Å². The fourth-order valence-corrected chi connectivity index (χ4v) is 3.30. The van der Waals surface area contributed by atoms with E-state index in [1.807, 2.05) is 6.20 Å². The molecule has 1 fully saturated rings. The second kappa shape index (κ2) is 4.04. The summed E-state index contributed by atoms with van der Waals surface area (Å²) in [5.41, 5.74) is 2.46. The molecule has 0 amide bonds. The van der Waals surface area contributed by atoms with Crippen molar-refractivity contribution in [2.24, 2.45) is 4.99 Å². The minimum Gasteiger partial charge on any atom is -0.348 e. The number of hydrogen-bond donors (Lipinski definition) is 0. The number of thioether (sulfide) groups is 1. The highest BCUT2D eigenvalue weighted by Crippen LogP contribution is 2.36. The van der Waals surface area contributed by atoms with Gasteiger partial charge in [-0.25, -0.2) is 4.98 Å². The van der Waals surface area contributed by atoms with Gasteiger partial charge in [0.1, 0.15) is 15.8 Å². The van der Waals surface area contributed by atoms with Crippen LogP contribution in [0.3, 0.4) is 0 Å². The number of anilines is 1. The maximum atomic E-state index is 4.80. The zero-order chi connectivity index (χ0) is 11.1. The Morgan fingerprint density at radius 3 is 3.25 bits per heavy atom. The number of fused-ring (bicyclic) bond motifs is 3. The van der Waals surface area contributed by atoms with Gasteiger partial charge in [-0.15, -0.1) is 11.8 Å². The first-order valence-corrected chi connectivity index (χ1v) is 7.36. The molecule has 0 bridgehead atoms. The third kappa shape index (κ3) is 1.57. The normalized spacial score (nSPS) is 22.8. The molecule has 1 aromatic rings. The lowest BCUT2D eigenvalue weighted by molar-refractivity contribution is 0.697. The molecule has 0 radical (unpaired) electrons. The zero-order valence-electron chi connectivity index (χ0n) is 8.98. The molecule has 0 aliphatic carbocycles. The van der Waals surface area contributed by atoms with Crippen molar-refractivity contribution < 1.29 is 0 Å². The lowest BCUT2D eigenvalue weighted by Crippen LogP contribution is -2.33. The number of nitrogens with zero attached hydrogens (tertiary/aromatic N) is 3. The van der Waals surface area contributed by atoms with E-state index in [0.29, 0.717) is 6.17 Å². The maximum absolute atomic E-state index is 4.80. The summed E-state index contributed by atoms with van der Waals surface area (Å²) in [6, 6.07) is 2.07. The SMILES string of the molecule is CSC1=NC2CCCN2c2cnc(Br)cc21. The first kappa shape index (κ1) is 10.6. The summed E-state index contributed by atoms with van der Waals surface area (Å²) >= 11 is 5.15. The van der Waals surface area contributed by atoms with Gasteiger partial charge in [0.25, 0.3) is 0 Å². The third-order valence-electron chi connectivity index (χ3n) is 3.07. The van der Waals surface area contributed by atoms with E-state index < -0.39 is 0 Å². The quantitative estimate of drug-likeness (QED) is 0.690. The fraction of sp³-hybridized carbons (Fsp3) is 0.455. The molecule has 84 valence electrons. The van der Waals surface area contributed by atoms with E-state index in [-0.39, 0.29) is 0 Å². The van der Waals surface area contributed by atoms with Gasteiger partial charge in [-0.2, -0.15) is 0 Å². The van der Waals surface area contributed by atoms with Gasteiger partial charge >= 0.3 is 0 Å². The predicted octanol–water partition coefficient (Wildman–Crippen LogP) is 2.89. The van der Waals surface area contributed by atoms with Gasteiger partial charge in [-0.3, -0.25) is 4.99 Å². The van der Waals surface area contributed by atoms with Crippen molar-refractivity contribution in [1.29, 1.82) is 0 Å². The van der Waals surface area contributed by atoms with Crippen LogP contribution in [0.4, 0.5) is 5.69 Å². The second-order valence-corrected chi connectivity index (χ2v) is 5.59. The Balaban J connectivity index is 2.15. The molecule has 16 heavy (non-hydrogen) atoms. The molecule has 5 heteroatoms. The summed E-state index contributed by atoms with van der Waals surface area (Å²) in [6.45, 7) is 1.10. The Morgan fingerprint density at radius 2 is 2.44 bits per heavy atom. The Hall–Kier alpha value is -0.550. The van der Waals surface area contributed by atoms with Gasteiger partial charge < -0.3 is 4.90 Å². The molecule has 2 aliphatic heterocycles. The van der Waals surface area contributed by atoms with Gasteiger partial charge in [0.2, 0.25) is 0 Å². The van der Waals surface area contributed by atoms with Gasteiger partial charge in [0.15, 0.2) is 0 Å².